The fraction of sp³-hybridized carbons (Fsp3) is 0.471. The number of nitrogens with zero attached hydrogens (tertiary/aromatic N) is 2. The molecule has 0 saturated carbocycles. The lowest BCUT2D eigenvalue weighted by Gasteiger charge is -2.29. The Labute approximate surface area is 126 Å². The van der Waals surface area contributed by atoms with Gasteiger partial charge < -0.3 is 10.3 Å². The minimum Gasteiger partial charge on any atom is -0.383 e. The molecule has 0 spiro atoms. The van der Waals surface area contributed by atoms with Crippen molar-refractivity contribution in [2.45, 2.75) is 52.5 Å². The van der Waals surface area contributed by atoms with Crippen LogP contribution in [0, 0.1) is 5.82 Å². The maximum absolute atomic E-state index is 13.5. The summed E-state index contributed by atoms with van der Waals surface area (Å²) in [6, 6.07) is 6.40. The highest BCUT2D eigenvalue weighted by molar-refractivity contribution is 5.71. The Balaban J connectivity index is 2.74. The Bertz CT molecular complexity index is 658. The number of halogens is 1. The smallest absolute Gasteiger partial charge is 0.132 e. The van der Waals surface area contributed by atoms with Gasteiger partial charge in [-0.25, -0.2) is 9.37 Å². The molecule has 0 aliphatic rings. The molecular formula is C17H24FN3. The Kier molecular flexibility index (Phi) is 3.60. The molecule has 2 aromatic rings. The van der Waals surface area contributed by atoms with Gasteiger partial charge in [0.05, 0.1) is 0 Å². The first-order valence-electron chi connectivity index (χ1n) is 7.17. The van der Waals surface area contributed by atoms with Crippen LogP contribution in [0.2, 0.25) is 0 Å². The monoisotopic (exact) mass is 289 g/mol. The van der Waals surface area contributed by atoms with Crippen LogP contribution in [0.25, 0.3) is 11.3 Å². The molecule has 1 heterocycles. The molecule has 1 aromatic carbocycles. The summed E-state index contributed by atoms with van der Waals surface area (Å²) in [4.78, 5) is 4.73. The van der Waals surface area contributed by atoms with Crippen LogP contribution in [-0.4, -0.2) is 9.55 Å². The van der Waals surface area contributed by atoms with Crippen LogP contribution in [0.4, 0.5) is 10.2 Å². The first-order valence-corrected chi connectivity index (χ1v) is 7.17. The van der Waals surface area contributed by atoms with Gasteiger partial charge in [0.15, 0.2) is 0 Å². The second-order valence-corrected chi connectivity index (χ2v) is 7.44. The lowest BCUT2D eigenvalue weighted by molar-refractivity contribution is 0.359. The summed E-state index contributed by atoms with van der Waals surface area (Å²) in [6.07, 6.45) is 0. The van der Waals surface area contributed by atoms with Gasteiger partial charge in [-0.05, 0) is 32.9 Å². The third kappa shape index (κ3) is 2.94. The molecule has 2 rings (SSSR count). The Morgan fingerprint density at radius 2 is 1.71 bits per heavy atom. The van der Waals surface area contributed by atoms with E-state index in [0.717, 1.165) is 5.82 Å². The van der Waals surface area contributed by atoms with E-state index < -0.39 is 0 Å². The molecule has 0 atom stereocenters. The summed E-state index contributed by atoms with van der Waals surface area (Å²) in [6.45, 7) is 12.6. The number of aromatic nitrogens is 2. The summed E-state index contributed by atoms with van der Waals surface area (Å²) < 4.78 is 15.5. The van der Waals surface area contributed by atoms with Gasteiger partial charge in [0.2, 0.25) is 0 Å². The van der Waals surface area contributed by atoms with Crippen molar-refractivity contribution < 1.29 is 4.39 Å². The fourth-order valence-corrected chi connectivity index (χ4v) is 2.46. The van der Waals surface area contributed by atoms with Crippen molar-refractivity contribution in [1.29, 1.82) is 0 Å². The highest BCUT2D eigenvalue weighted by Gasteiger charge is 2.30. The van der Waals surface area contributed by atoms with E-state index in [4.69, 9.17) is 10.7 Å². The first-order chi connectivity index (χ1) is 9.51. The summed E-state index contributed by atoms with van der Waals surface area (Å²) in [7, 11) is 0. The summed E-state index contributed by atoms with van der Waals surface area (Å²) >= 11 is 0. The number of anilines is 1. The van der Waals surface area contributed by atoms with Crippen LogP contribution >= 0.6 is 0 Å². The van der Waals surface area contributed by atoms with Crippen molar-refractivity contribution in [2.24, 2.45) is 0 Å². The van der Waals surface area contributed by atoms with Crippen molar-refractivity contribution in [1.82, 2.24) is 9.55 Å². The molecule has 0 unspecified atom stereocenters. The maximum Gasteiger partial charge on any atom is 0.132 e. The Morgan fingerprint density at radius 3 is 2.14 bits per heavy atom. The second-order valence-electron chi connectivity index (χ2n) is 7.44. The third-order valence-electron chi connectivity index (χ3n) is 3.35. The minimum absolute atomic E-state index is 0.146. The average molecular weight is 289 g/mol. The number of imidazole rings is 1. The number of nitrogens with two attached hydrogens (primary N) is 1. The molecule has 0 aliphatic carbocycles. The van der Waals surface area contributed by atoms with Crippen molar-refractivity contribution in [3.63, 3.8) is 0 Å². The van der Waals surface area contributed by atoms with Gasteiger partial charge in [0.1, 0.15) is 23.2 Å². The maximum atomic E-state index is 13.5. The number of hydrogen-bond donors (Lipinski definition) is 1. The molecule has 2 N–H and O–H groups in total. The molecule has 0 bridgehead atoms. The van der Waals surface area contributed by atoms with E-state index in [2.05, 4.69) is 41.5 Å². The minimum atomic E-state index is -0.283. The molecule has 4 heteroatoms. The highest BCUT2D eigenvalue weighted by atomic mass is 19.1. The molecule has 0 fully saturated rings. The normalized spacial score (nSPS) is 12.7. The van der Waals surface area contributed by atoms with Gasteiger partial charge in [-0.15, -0.1) is 0 Å². The van der Waals surface area contributed by atoms with E-state index in [0.29, 0.717) is 17.1 Å². The van der Waals surface area contributed by atoms with Gasteiger partial charge in [0.25, 0.3) is 0 Å². The van der Waals surface area contributed by atoms with Gasteiger partial charge in [0, 0.05) is 16.5 Å². The molecule has 0 aliphatic heterocycles. The quantitative estimate of drug-likeness (QED) is 0.849. The zero-order valence-electron chi connectivity index (χ0n) is 13.7. The number of nitrogen functional groups attached to an aromatic ring is 1. The van der Waals surface area contributed by atoms with Gasteiger partial charge in [-0.1, -0.05) is 32.9 Å². The largest absolute Gasteiger partial charge is 0.383 e. The summed E-state index contributed by atoms with van der Waals surface area (Å²) in [5.41, 5.74) is 7.37. The van der Waals surface area contributed by atoms with E-state index in [1.54, 1.807) is 6.07 Å². The Morgan fingerprint density at radius 1 is 1.10 bits per heavy atom. The third-order valence-corrected chi connectivity index (χ3v) is 3.35. The van der Waals surface area contributed by atoms with Gasteiger partial charge in [-0.2, -0.15) is 0 Å². The first kappa shape index (κ1) is 15.5. The molecule has 21 heavy (non-hydrogen) atoms. The van der Waals surface area contributed by atoms with Crippen LogP contribution < -0.4 is 5.73 Å². The van der Waals surface area contributed by atoms with Crippen molar-refractivity contribution >= 4 is 5.82 Å². The zero-order chi connectivity index (χ0) is 16.0. The SMILES string of the molecule is CC(C)(C)c1nc(-c2cccc(F)c2)c(N)n1C(C)(C)C. The van der Waals surface area contributed by atoms with Gasteiger partial charge >= 0.3 is 0 Å². The summed E-state index contributed by atoms with van der Waals surface area (Å²) in [5, 5.41) is 0. The summed E-state index contributed by atoms with van der Waals surface area (Å²) in [5.74, 6) is 1.21. The highest BCUT2D eigenvalue weighted by Crippen LogP contribution is 2.36. The second kappa shape index (κ2) is 4.86. The van der Waals surface area contributed by atoms with Crippen LogP contribution in [0.3, 0.4) is 0 Å². The number of benzene rings is 1. The van der Waals surface area contributed by atoms with Crippen molar-refractivity contribution in [3.05, 3.63) is 35.9 Å². The van der Waals surface area contributed by atoms with E-state index >= 15 is 0 Å². The topological polar surface area (TPSA) is 43.8 Å². The van der Waals surface area contributed by atoms with E-state index in [9.17, 15) is 4.39 Å². The molecule has 114 valence electrons. The van der Waals surface area contributed by atoms with Crippen LogP contribution in [0.5, 0.6) is 0 Å². The van der Waals surface area contributed by atoms with E-state index in [1.165, 1.54) is 12.1 Å². The zero-order valence-corrected chi connectivity index (χ0v) is 13.7. The lowest BCUT2D eigenvalue weighted by Crippen LogP contribution is -2.30. The predicted octanol–water partition coefficient (Wildman–Crippen LogP) is 4.32. The van der Waals surface area contributed by atoms with Crippen LogP contribution in [-0.2, 0) is 11.0 Å². The number of rotatable bonds is 1. The van der Waals surface area contributed by atoms with Crippen LogP contribution in [0.1, 0.15) is 47.4 Å². The van der Waals surface area contributed by atoms with Gasteiger partial charge in [-0.3, -0.25) is 0 Å². The number of hydrogen-bond acceptors (Lipinski definition) is 2. The molecule has 0 radical (unpaired) electrons. The van der Waals surface area contributed by atoms with E-state index in [-0.39, 0.29) is 16.8 Å². The predicted molar refractivity (Wildman–Crippen MR) is 85.7 cm³/mol. The molecule has 1 aromatic heterocycles. The molecule has 0 saturated heterocycles. The fourth-order valence-electron chi connectivity index (χ4n) is 2.46. The van der Waals surface area contributed by atoms with Crippen molar-refractivity contribution in [2.75, 3.05) is 5.73 Å². The standard InChI is InChI=1S/C17H24FN3/c1-16(2,3)15-20-13(11-8-7-9-12(18)10-11)14(19)21(15)17(4,5)6/h7-10H,19H2,1-6H3. The molecule has 0 amide bonds. The van der Waals surface area contributed by atoms with E-state index in [1.807, 2.05) is 10.6 Å². The average Bonchev–Trinajstić information content (AvgIpc) is 2.66. The molecule has 3 nitrogen and oxygen atoms in total. The molecular weight excluding hydrogens is 265 g/mol. The Hall–Kier alpha value is -1.84. The lowest BCUT2D eigenvalue weighted by atomic mass is 9.94. The van der Waals surface area contributed by atoms with Crippen molar-refractivity contribution in [3.8, 4) is 11.3 Å². The van der Waals surface area contributed by atoms with Crippen LogP contribution in [0.15, 0.2) is 24.3 Å².